The van der Waals surface area contributed by atoms with Crippen molar-refractivity contribution in [3.05, 3.63) is 78.4 Å². The second-order valence-corrected chi connectivity index (χ2v) is 10.6. The lowest BCUT2D eigenvalue weighted by atomic mass is 9.93. The minimum atomic E-state index is -0.921. The van der Waals surface area contributed by atoms with Gasteiger partial charge in [-0.15, -0.1) is 0 Å². The van der Waals surface area contributed by atoms with E-state index in [0.29, 0.717) is 17.7 Å². The van der Waals surface area contributed by atoms with E-state index in [0.717, 1.165) is 10.8 Å². The quantitative estimate of drug-likeness (QED) is 0.391. The van der Waals surface area contributed by atoms with E-state index in [-0.39, 0.29) is 18.4 Å². The van der Waals surface area contributed by atoms with Crippen LogP contribution in [0.3, 0.4) is 0 Å². The van der Waals surface area contributed by atoms with E-state index in [9.17, 15) is 14.4 Å². The van der Waals surface area contributed by atoms with Crippen LogP contribution in [0.15, 0.2) is 72.8 Å². The number of hydrogen-bond acceptors (Lipinski definition) is 4. The monoisotopic (exact) mass is 503 g/mol. The first kappa shape index (κ1) is 27.7. The number of ether oxygens (including phenoxy) is 1. The number of nitrogens with one attached hydrogen (secondary N) is 2. The van der Waals surface area contributed by atoms with Gasteiger partial charge in [0.2, 0.25) is 5.91 Å². The Morgan fingerprint density at radius 2 is 1.49 bits per heavy atom. The summed E-state index contributed by atoms with van der Waals surface area (Å²) < 4.78 is 5.29. The summed E-state index contributed by atoms with van der Waals surface area (Å²) in [5.74, 6) is -0.728. The van der Waals surface area contributed by atoms with Crippen LogP contribution in [0.25, 0.3) is 10.8 Å². The van der Waals surface area contributed by atoms with Crippen LogP contribution >= 0.6 is 0 Å². The highest BCUT2D eigenvalue weighted by Crippen LogP contribution is 2.32. The van der Waals surface area contributed by atoms with Crippen LogP contribution in [-0.4, -0.2) is 40.5 Å². The average molecular weight is 504 g/mol. The molecule has 2 N–H and O–H groups in total. The molecule has 1 unspecified atom stereocenters. The highest BCUT2D eigenvalue weighted by molar-refractivity contribution is 6.00. The number of carbonyl (C=O) groups is 3. The van der Waals surface area contributed by atoms with Crippen molar-refractivity contribution in [2.75, 3.05) is 11.9 Å². The molecule has 37 heavy (non-hydrogen) atoms. The Hall–Kier alpha value is -3.87. The van der Waals surface area contributed by atoms with Crippen molar-refractivity contribution in [3.63, 3.8) is 0 Å². The third-order valence-electron chi connectivity index (χ3n) is 6.21. The average Bonchev–Trinajstić information content (AvgIpc) is 2.85. The van der Waals surface area contributed by atoms with E-state index >= 15 is 0 Å². The van der Waals surface area contributed by atoms with Crippen LogP contribution in [0.4, 0.5) is 10.5 Å². The van der Waals surface area contributed by atoms with Crippen LogP contribution < -0.4 is 10.6 Å². The standard InChI is InChI=1S/C30H37N3O4/c1-7-30(5,6)33(25(34)20-31-28(36)37-29(2,3)4)26(22-14-9-8-10-15-22)27(35)32-24-18-17-21-13-11-12-16-23(21)19-24/h8-19,26H,7,20H2,1-6H3,(H,31,36)(H,32,35). The number of amides is 3. The molecule has 0 heterocycles. The maximum absolute atomic E-state index is 13.9. The second kappa shape index (κ2) is 11.5. The van der Waals surface area contributed by atoms with Gasteiger partial charge in [0, 0.05) is 11.2 Å². The lowest BCUT2D eigenvalue weighted by molar-refractivity contribution is -0.145. The maximum Gasteiger partial charge on any atom is 0.408 e. The molecule has 0 saturated heterocycles. The predicted molar refractivity (Wildman–Crippen MR) is 147 cm³/mol. The SMILES string of the molecule is CCC(C)(C)N(C(=O)CNC(=O)OC(C)(C)C)C(C(=O)Nc1ccc2ccccc2c1)c1ccccc1. The number of carbonyl (C=O) groups excluding carboxylic acids is 3. The molecule has 0 spiro atoms. The summed E-state index contributed by atoms with van der Waals surface area (Å²) in [4.78, 5) is 41.3. The van der Waals surface area contributed by atoms with E-state index < -0.39 is 23.3 Å². The molecule has 7 heteroatoms. The highest BCUT2D eigenvalue weighted by Gasteiger charge is 2.40. The number of benzene rings is 3. The minimum Gasteiger partial charge on any atom is -0.444 e. The van der Waals surface area contributed by atoms with Crippen LogP contribution in [0, 0.1) is 0 Å². The van der Waals surface area contributed by atoms with Gasteiger partial charge in [0.05, 0.1) is 0 Å². The van der Waals surface area contributed by atoms with Crippen LogP contribution in [0.1, 0.15) is 59.6 Å². The first-order valence-electron chi connectivity index (χ1n) is 12.5. The van der Waals surface area contributed by atoms with E-state index in [1.165, 1.54) is 0 Å². The second-order valence-electron chi connectivity index (χ2n) is 10.6. The number of alkyl carbamates (subject to hydrolysis) is 1. The summed E-state index contributed by atoms with van der Waals surface area (Å²) in [5.41, 5.74) is -0.0680. The van der Waals surface area contributed by atoms with Gasteiger partial charge in [-0.05, 0) is 69.5 Å². The summed E-state index contributed by atoms with van der Waals surface area (Å²) in [6.45, 7) is 10.8. The van der Waals surface area contributed by atoms with Gasteiger partial charge in [0.15, 0.2) is 0 Å². The largest absolute Gasteiger partial charge is 0.444 e. The number of rotatable bonds is 8. The molecule has 0 aliphatic carbocycles. The van der Waals surface area contributed by atoms with Crippen molar-refractivity contribution in [1.29, 1.82) is 0 Å². The molecule has 3 aromatic rings. The van der Waals surface area contributed by atoms with Gasteiger partial charge in [-0.1, -0.05) is 67.6 Å². The summed E-state index contributed by atoms with van der Waals surface area (Å²) in [6.07, 6.45) is -0.0930. The predicted octanol–water partition coefficient (Wildman–Crippen LogP) is 6.06. The molecule has 0 radical (unpaired) electrons. The molecule has 0 fully saturated rings. The fourth-order valence-corrected chi connectivity index (χ4v) is 4.08. The lowest BCUT2D eigenvalue weighted by Crippen LogP contribution is -2.55. The Balaban J connectivity index is 1.95. The molecule has 0 aliphatic heterocycles. The van der Waals surface area contributed by atoms with E-state index in [1.54, 1.807) is 25.7 Å². The minimum absolute atomic E-state index is 0.301. The van der Waals surface area contributed by atoms with Crippen molar-refractivity contribution < 1.29 is 19.1 Å². The zero-order chi connectivity index (χ0) is 27.2. The van der Waals surface area contributed by atoms with Crippen molar-refractivity contribution in [2.45, 2.75) is 65.1 Å². The third kappa shape index (κ3) is 7.32. The Morgan fingerprint density at radius 3 is 2.11 bits per heavy atom. The molecule has 196 valence electrons. The number of hydrogen-bond donors (Lipinski definition) is 2. The summed E-state index contributed by atoms with van der Waals surface area (Å²) in [7, 11) is 0. The molecule has 0 saturated carbocycles. The van der Waals surface area contributed by atoms with Crippen molar-refractivity contribution in [2.24, 2.45) is 0 Å². The molecule has 3 amide bonds. The first-order chi connectivity index (χ1) is 17.4. The Morgan fingerprint density at radius 1 is 0.865 bits per heavy atom. The van der Waals surface area contributed by atoms with Crippen molar-refractivity contribution in [3.8, 4) is 0 Å². The fraction of sp³-hybridized carbons (Fsp3) is 0.367. The zero-order valence-electron chi connectivity index (χ0n) is 22.5. The molecule has 7 nitrogen and oxygen atoms in total. The Labute approximate surface area is 219 Å². The number of anilines is 1. The molecule has 3 aromatic carbocycles. The lowest BCUT2D eigenvalue weighted by Gasteiger charge is -2.43. The van der Waals surface area contributed by atoms with Crippen LogP contribution in [0.5, 0.6) is 0 Å². The molecule has 3 rings (SSSR count). The Bertz CT molecular complexity index is 1250. The molecule has 0 aliphatic rings. The molecule has 0 bridgehead atoms. The van der Waals surface area contributed by atoms with Gasteiger partial charge in [0.1, 0.15) is 18.2 Å². The summed E-state index contributed by atoms with van der Waals surface area (Å²) >= 11 is 0. The van der Waals surface area contributed by atoms with Crippen molar-refractivity contribution in [1.82, 2.24) is 10.2 Å². The van der Waals surface area contributed by atoms with Gasteiger partial charge in [0.25, 0.3) is 5.91 Å². The summed E-state index contributed by atoms with van der Waals surface area (Å²) in [5, 5.41) is 7.63. The highest BCUT2D eigenvalue weighted by atomic mass is 16.6. The fourth-order valence-electron chi connectivity index (χ4n) is 4.08. The molecular formula is C30H37N3O4. The van der Waals surface area contributed by atoms with Gasteiger partial charge >= 0.3 is 6.09 Å². The maximum atomic E-state index is 13.9. The van der Waals surface area contributed by atoms with E-state index in [1.807, 2.05) is 93.6 Å². The molecule has 1 atom stereocenters. The number of nitrogens with zero attached hydrogens (tertiary/aromatic N) is 1. The van der Waals surface area contributed by atoms with Crippen molar-refractivity contribution >= 4 is 34.4 Å². The molecule has 0 aromatic heterocycles. The van der Waals surface area contributed by atoms with Gasteiger partial charge < -0.3 is 20.3 Å². The topological polar surface area (TPSA) is 87.7 Å². The summed E-state index contributed by atoms with van der Waals surface area (Å²) in [6, 6.07) is 21.9. The zero-order valence-corrected chi connectivity index (χ0v) is 22.5. The third-order valence-corrected chi connectivity index (χ3v) is 6.21. The smallest absolute Gasteiger partial charge is 0.408 e. The Kier molecular flexibility index (Phi) is 8.58. The van der Waals surface area contributed by atoms with Crippen LogP contribution in [0.2, 0.25) is 0 Å². The normalized spacial score (nSPS) is 12.5. The van der Waals surface area contributed by atoms with E-state index in [4.69, 9.17) is 4.74 Å². The molecular weight excluding hydrogens is 466 g/mol. The van der Waals surface area contributed by atoms with Crippen LogP contribution in [-0.2, 0) is 14.3 Å². The van der Waals surface area contributed by atoms with E-state index in [2.05, 4.69) is 10.6 Å². The van der Waals surface area contributed by atoms with Gasteiger partial charge in [-0.3, -0.25) is 9.59 Å². The van der Waals surface area contributed by atoms with Gasteiger partial charge in [-0.25, -0.2) is 4.79 Å². The first-order valence-corrected chi connectivity index (χ1v) is 12.5. The number of fused-ring (bicyclic) bond motifs is 1. The van der Waals surface area contributed by atoms with Gasteiger partial charge in [-0.2, -0.15) is 0 Å².